The minimum absolute atomic E-state index is 0.650. The molecule has 0 saturated carbocycles. The summed E-state index contributed by atoms with van der Waals surface area (Å²) in [6.45, 7) is 5.33. The van der Waals surface area contributed by atoms with Gasteiger partial charge in [-0.25, -0.2) is 0 Å². The lowest BCUT2D eigenvalue weighted by molar-refractivity contribution is 0.440. The van der Waals surface area contributed by atoms with Crippen molar-refractivity contribution in [3.8, 4) is 0 Å². The molecule has 0 saturated heterocycles. The Bertz CT molecular complexity index is 137. The van der Waals surface area contributed by atoms with Crippen molar-refractivity contribution >= 4 is 15.5 Å². The summed E-state index contributed by atoms with van der Waals surface area (Å²) in [4.78, 5) is 4.50. The summed E-state index contributed by atoms with van der Waals surface area (Å²) in [5.41, 5.74) is 1.31. The van der Waals surface area contributed by atoms with Crippen molar-refractivity contribution in [2.24, 2.45) is 4.99 Å². The van der Waals surface area contributed by atoms with Gasteiger partial charge in [-0.1, -0.05) is 13.3 Å². The predicted molar refractivity (Wildman–Crippen MR) is 59.7 cm³/mol. The Morgan fingerprint density at radius 2 is 2.15 bits per heavy atom. The lowest BCUT2D eigenvalue weighted by atomic mass is 10.2. The van der Waals surface area contributed by atoms with E-state index in [-0.39, 0.29) is 0 Å². The first kappa shape index (κ1) is 12.8. The average molecular weight is 199 g/mol. The van der Waals surface area contributed by atoms with Crippen molar-refractivity contribution in [1.82, 2.24) is 0 Å². The smallest absolute Gasteiger partial charge is 0.229 e. The molecular formula is C10H21NOSi. The molecule has 0 amide bonds. The van der Waals surface area contributed by atoms with Gasteiger partial charge in [-0.15, -0.1) is 0 Å². The minimum atomic E-state index is 0.650. The number of unbranched alkanes of at least 4 members (excludes halogenated alkanes) is 1. The zero-order valence-corrected chi connectivity index (χ0v) is 10.1. The Hall–Kier alpha value is -0.153. The largest absolute Gasteiger partial charge is 0.421 e. The van der Waals surface area contributed by atoms with Crippen molar-refractivity contribution in [1.29, 1.82) is 0 Å². The van der Waals surface area contributed by atoms with Gasteiger partial charge >= 0.3 is 0 Å². The van der Waals surface area contributed by atoms with E-state index in [0.717, 1.165) is 19.0 Å². The molecule has 3 heteroatoms. The fourth-order valence-electron chi connectivity index (χ4n) is 1.03. The van der Waals surface area contributed by atoms with Gasteiger partial charge in [-0.05, 0) is 32.2 Å². The third-order valence-electron chi connectivity index (χ3n) is 1.86. The van der Waals surface area contributed by atoms with E-state index in [2.05, 4.69) is 18.8 Å². The van der Waals surface area contributed by atoms with E-state index in [0.29, 0.717) is 9.76 Å². The molecule has 0 fully saturated rings. The molecule has 0 rings (SSSR count). The second-order valence-electron chi connectivity index (χ2n) is 3.17. The highest BCUT2D eigenvalue weighted by Crippen LogP contribution is 1.98. The van der Waals surface area contributed by atoms with Gasteiger partial charge in [0.1, 0.15) is 0 Å². The second kappa shape index (κ2) is 9.93. The van der Waals surface area contributed by atoms with Gasteiger partial charge in [0.25, 0.3) is 0 Å². The topological polar surface area (TPSA) is 21.6 Å². The van der Waals surface area contributed by atoms with Crippen molar-refractivity contribution in [3.63, 3.8) is 0 Å². The number of rotatable bonds is 8. The maximum atomic E-state index is 4.99. The molecule has 0 aromatic heterocycles. The Labute approximate surface area is 84.7 Å². The number of aliphatic imine (C=N–C) groups is 1. The van der Waals surface area contributed by atoms with E-state index < -0.39 is 0 Å². The van der Waals surface area contributed by atoms with Gasteiger partial charge in [0, 0.05) is 19.4 Å². The summed E-state index contributed by atoms with van der Waals surface area (Å²) in [5.74, 6) is 0. The molecule has 0 aliphatic rings. The highest BCUT2D eigenvalue weighted by molar-refractivity contribution is 6.26. The molecule has 0 spiro atoms. The summed E-state index contributed by atoms with van der Waals surface area (Å²) in [6.07, 6.45) is 4.87. The predicted octanol–water partition coefficient (Wildman–Crippen LogP) is 2.71. The Balaban J connectivity index is 3.25. The van der Waals surface area contributed by atoms with Crippen molar-refractivity contribution < 1.29 is 4.43 Å². The number of nitrogens with zero attached hydrogens (tertiary/aromatic N) is 1. The normalized spacial score (nSPS) is 12.1. The standard InChI is InChI=1S/C10H21NOSi/c1-4-5-7-10(2)11-8-6-9-13-12-3/h4-9H2,1-3H3. The van der Waals surface area contributed by atoms with Crippen LogP contribution < -0.4 is 0 Å². The lowest BCUT2D eigenvalue weighted by Gasteiger charge is -1.99. The second-order valence-corrected chi connectivity index (χ2v) is 4.37. The van der Waals surface area contributed by atoms with E-state index in [1.165, 1.54) is 25.0 Å². The van der Waals surface area contributed by atoms with E-state index in [9.17, 15) is 0 Å². The molecule has 0 N–H and O–H groups in total. The summed E-state index contributed by atoms with van der Waals surface area (Å²) >= 11 is 0. The van der Waals surface area contributed by atoms with Crippen LogP contribution in [0.1, 0.15) is 39.5 Å². The maximum Gasteiger partial charge on any atom is 0.229 e. The van der Waals surface area contributed by atoms with Crippen LogP contribution in [0.4, 0.5) is 0 Å². The molecule has 0 aliphatic carbocycles. The first-order valence-electron chi connectivity index (χ1n) is 5.07. The van der Waals surface area contributed by atoms with Crippen LogP contribution in [0.25, 0.3) is 0 Å². The Kier molecular flexibility index (Phi) is 9.81. The summed E-state index contributed by atoms with van der Waals surface area (Å²) in [6, 6.07) is 1.15. The van der Waals surface area contributed by atoms with Gasteiger partial charge in [-0.3, -0.25) is 4.99 Å². The van der Waals surface area contributed by atoms with Gasteiger partial charge < -0.3 is 4.43 Å². The van der Waals surface area contributed by atoms with Crippen LogP contribution in [-0.2, 0) is 4.43 Å². The van der Waals surface area contributed by atoms with E-state index in [1.54, 1.807) is 7.11 Å². The molecule has 0 bridgehead atoms. The third kappa shape index (κ3) is 9.76. The minimum Gasteiger partial charge on any atom is -0.421 e. The molecule has 76 valence electrons. The van der Waals surface area contributed by atoms with Crippen LogP contribution >= 0.6 is 0 Å². The SMILES string of the molecule is CCCCC(C)=NCCC[Si]OC. The fraction of sp³-hybridized carbons (Fsp3) is 0.900. The molecule has 0 aliphatic heterocycles. The van der Waals surface area contributed by atoms with Gasteiger partial charge in [-0.2, -0.15) is 0 Å². The molecular weight excluding hydrogens is 178 g/mol. The molecule has 0 aromatic carbocycles. The summed E-state index contributed by atoms with van der Waals surface area (Å²) in [5, 5.41) is 0. The number of hydrogen-bond donors (Lipinski definition) is 0. The first-order chi connectivity index (χ1) is 6.31. The van der Waals surface area contributed by atoms with Crippen LogP contribution in [0.15, 0.2) is 4.99 Å². The molecule has 2 radical (unpaired) electrons. The van der Waals surface area contributed by atoms with Crippen LogP contribution in [-0.4, -0.2) is 29.1 Å². The lowest BCUT2D eigenvalue weighted by Crippen LogP contribution is -1.96. The molecule has 0 aromatic rings. The first-order valence-corrected chi connectivity index (χ1v) is 6.18. The highest BCUT2D eigenvalue weighted by atomic mass is 28.2. The van der Waals surface area contributed by atoms with Crippen molar-refractivity contribution in [2.75, 3.05) is 13.7 Å². The Morgan fingerprint density at radius 1 is 1.38 bits per heavy atom. The van der Waals surface area contributed by atoms with Gasteiger partial charge in [0.05, 0.1) is 0 Å². The third-order valence-corrected chi connectivity index (χ3v) is 2.70. The van der Waals surface area contributed by atoms with Crippen LogP contribution in [0.5, 0.6) is 0 Å². The van der Waals surface area contributed by atoms with Crippen molar-refractivity contribution in [2.45, 2.75) is 45.6 Å². The average Bonchev–Trinajstić information content (AvgIpc) is 2.14. The quantitative estimate of drug-likeness (QED) is 0.334. The fourth-order valence-corrected chi connectivity index (χ4v) is 1.54. The zero-order chi connectivity index (χ0) is 9.94. The summed E-state index contributed by atoms with van der Waals surface area (Å²) < 4.78 is 4.99. The molecule has 13 heavy (non-hydrogen) atoms. The van der Waals surface area contributed by atoms with Crippen molar-refractivity contribution in [3.05, 3.63) is 0 Å². The zero-order valence-electron chi connectivity index (χ0n) is 9.10. The number of hydrogen-bond acceptors (Lipinski definition) is 2. The monoisotopic (exact) mass is 199 g/mol. The molecule has 0 atom stereocenters. The highest BCUT2D eigenvalue weighted by Gasteiger charge is 1.91. The maximum absolute atomic E-state index is 4.99. The molecule has 2 nitrogen and oxygen atoms in total. The van der Waals surface area contributed by atoms with E-state index >= 15 is 0 Å². The van der Waals surface area contributed by atoms with Crippen LogP contribution in [0, 0.1) is 0 Å². The molecule has 0 unspecified atom stereocenters. The molecule has 0 heterocycles. The Morgan fingerprint density at radius 3 is 2.77 bits per heavy atom. The van der Waals surface area contributed by atoms with Gasteiger partial charge in [0.2, 0.25) is 9.76 Å². The van der Waals surface area contributed by atoms with Gasteiger partial charge in [0.15, 0.2) is 0 Å². The van der Waals surface area contributed by atoms with Crippen LogP contribution in [0.2, 0.25) is 6.04 Å². The van der Waals surface area contributed by atoms with E-state index in [4.69, 9.17) is 4.43 Å². The van der Waals surface area contributed by atoms with E-state index in [1.807, 2.05) is 0 Å². The summed E-state index contributed by atoms with van der Waals surface area (Å²) in [7, 11) is 2.41. The van der Waals surface area contributed by atoms with Crippen LogP contribution in [0.3, 0.4) is 0 Å².